The lowest BCUT2D eigenvalue weighted by atomic mass is 10.1. The van der Waals surface area contributed by atoms with Crippen molar-refractivity contribution in [2.24, 2.45) is 0 Å². The molecule has 0 bridgehead atoms. The fourth-order valence-electron chi connectivity index (χ4n) is 2.00. The van der Waals surface area contributed by atoms with E-state index in [9.17, 15) is 39.7 Å². The van der Waals surface area contributed by atoms with Gasteiger partial charge >= 0.3 is 20.6 Å². The molecule has 0 N–H and O–H groups in total. The minimum Gasteiger partial charge on any atom is -0.306 e. The molecule has 0 aromatic heterocycles. The zero-order valence-electron chi connectivity index (χ0n) is 13.6. The van der Waals surface area contributed by atoms with E-state index in [1.165, 1.54) is 0 Å². The van der Waals surface area contributed by atoms with Gasteiger partial charge in [-0.1, -0.05) is 12.1 Å². The van der Waals surface area contributed by atoms with E-state index < -0.39 is 56.6 Å². The monoisotopic (exact) mass is 434 g/mol. The van der Waals surface area contributed by atoms with Crippen molar-refractivity contribution < 1.29 is 48.7 Å². The molecule has 0 heterocycles. The summed E-state index contributed by atoms with van der Waals surface area (Å²) in [5.74, 6) is -2.48. The van der Waals surface area contributed by atoms with Crippen LogP contribution in [0.4, 0.5) is 35.1 Å². The Morgan fingerprint density at radius 3 is 1.36 bits per heavy atom. The summed E-state index contributed by atoms with van der Waals surface area (Å²) in [6.07, 6.45) is -9.47. The van der Waals surface area contributed by atoms with Crippen LogP contribution in [0.3, 0.4) is 0 Å². The molecule has 0 unspecified atom stereocenters. The molecule has 0 aliphatic heterocycles. The van der Waals surface area contributed by atoms with Crippen LogP contribution in [0.5, 0.6) is 0 Å². The van der Waals surface area contributed by atoms with Gasteiger partial charge in [0.2, 0.25) is 0 Å². The van der Waals surface area contributed by atoms with Gasteiger partial charge in [-0.25, -0.2) is 8.78 Å². The third-order valence-corrected chi connectivity index (χ3v) is 4.21. The van der Waals surface area contributed by atoms with Crippen LogP contribution in [-0.4, -0.2) is 0 Å². The van der Waals surface area contributed by atoms with Crippen molar-refractivity contribution in [2.45, 2.75) is 25.6 Å². The van der Waals surface area contributed by atoms with Crippen LogP contribution in [0.15, 0.2) is 36.4 Å². The fraction of sp³-hybridized carbons (Fsp3) is 0.250. The number of alkyl halides is 6. The van der Waals surface area contributed by atoms with E-state index in [1.807, 2.05) is 0 Å². The number of benzene rings is 2. The van der Waals surface area contributed by atoms with Crippen molar-refractivity contribution in [3.63, 3.8) is 0 Å². The molecule has 2 rings (SSSR count). The van der Waals surface area contributed by atoms with Crippen molar-refractivity contribution >= 4 is 8.25 Å². The minimum absolute atomic E-state index is 0.244. The Kier molecular flexibility index (Phi) is 6.84. The highest BCUT2D eigenvalue weighted by Gasteiger charge is 2.32. The average molecular weight is 434 g/mol. The van der Waals surface area contributed by atoms with Crippen molar-refractivity contribution in [3.05, 3.63) is 70.3 Å². The van der Waals surface area contributed by atoms with E-state index in [-0.39, 0.29) is 23.3 Å². The van der Waals surface area contributed by atoms with E-state index in [1.54, 1.807) is 0 Å². The first-order chi connectivity index (χ1) is 12.9. The number of hydrogen-bond acceptors (Lipinski definition) is 3. The van der Waals surface area contributed by atoms with Crippen LogP contribution in [-0.2, 0) is 39.2 Å². The quantitative estimate of drug-likeness (QED) is 0.406. The topological polar surface area (TPSA) is 35.5 Å². The van der Waals surface area contributed by atoms with Gasteiger partial charge in [-0.2, -0.15) is 26.3 Å². The van der Waals surface area contributed by atoms with Crippen molar-refractivity contribution in [1.29, 1.82) is 0 Å². The summed E-state index contributed by atoms with van der Waals surface area (Å²) in [7, 11) is -3.32. The van der Waals surface area contributed by atoms with Crippen LogP contribution in [0, 0.1) is 11.6 Å². The number of rotatable bonds is 6. The maximum atomic E-state index is 13.6. The Morgan fingerprint density at radius 2 is 1.07 bits per heavy atom. The molecule has 0 saturated carbocycles. The van der Waals surface area contributed by atoms with E-state index in [4.69, 9.17) is 0 Å². The molecule has 0 atom stereocenters. The third kappa shape index (κ3) is 6.02. The van der Waals surface area contributed by atoms with Gasteiger partial charge in [0.15, 0.2) is 0 Å². The van der Waals surface area contributed by atoms with Crippen molar-refractivity contribution in [3.8, 4) is 0 Å². The SMILES string of the molecule is O=[PH](OCc1ccc(C(F)(F)F)cc1F)OCc1ccc(C(F)(F)F)cc1F. The molecule has 2 aromatic rings. The van der Waals surface area contributed by atoms with Crippen LogP contribution in [0.2, 0.25) is 0 Å². The predicted molar refractivity (Wildman–Crippen MR) is 81.4 cm³/mol. The molecule has 3 nitrogen and oxygen atoms in total. The summed E-state index contributed by atoms with van der Waals surface area (Å²) < 4.78 is 123. The van der Waals surface area contributed by atoms with Gasteiger partial charge in [-0.05, 0) is 24.3 Å². The first kappa shape index (κ1) is 22.3. The maximum absolute atomic E-state index is 13.6. The molecule has 154 valence electrons. The lowest BCUT2D eigenvalue weighted by Crippen LogP contribution is -2.06. The summed E-state index contributed by atoms with van der Waals surface area (Å²) in [6.45, 7) is -1.37. The second-order valence-corrected chi connectivity index (χ2v) is 6.51. The summed E-state index contributed by atoms with van der Waals surface area (Å²) in [6, 6.07) is 3.29. The zero-order chi connectivity index (χ0) is 21.1. The van der Waals surface area contributed by atoms with Gasteiger partial charge < -0.3 is 9.05 Å². The van der Waals surface area contributed by atoms with Gasteiger partial charge in [0.05, 0.1) is 24.3 Å². The summed E-state index contributed by atoms with van der Waals surface area (Å²) in [5, 5.41) is 0. The average Bonchev–Trinajstić information content (AvgIpc) is 2.57. The van der Waals surface area contributed by atoms with Crippen LogP contribution in [0.25, 0.3) is 0 Å². The van der Waals surface area contributed by atoms with Gasteiger partial charge in [0.25, 0.3) is 0 Å². The van der Waals surface area contributed by atoms with Gasteiger partial charge in [0.1, 0.15) is 11.6 Å². The van der Waals surface area contributed by atoms with E-state index in [0.29, 0.717) is 12.1 Å². The van der Waals surface area contributed by atoms with Crippen LogP contribution in [0.1, 0.15) is 22.3 Å². The van der Waals surface area contributed by atoms with E-state index in [2.05, 4.69) is 9.05 Å². The Balaban J connectivity index is 1.92. The normalized spacial score (nSPS) is 12.6. The second-order valence-electron chi connectivity index (χ2n) is 5.44. The Bertz CT molecular complexity index is 794. The molecule has 28 heavy (non-hydrogen) atoms. The van der Waals surface area contributed by atoms with Crippen molar-refractivity contribution in [2.75, 3.05) is 0 Å². The highest BCUT2D eigenvalue weighted by atomic mass is 31.1. The first-order valence-corrected chi connectivity index (χ1v) is 8.61. The van der Waals surface area contributed by atoms with Crippen LogP contribution < -0.4 is 0 Å². The molecule has 2 aromatic carbocycles. The van der Waals surface area contributed by atoms with Crippen molar-refractivity contribution in [1.82, 2.24) is 0 Å². The summed E-state index contributed by atoms with van der Waals surface area (Å²) in [5.41, 5.74) is -3.07. The Labute approximate surface area is 153 Å². The lowest BCUT2D eigenvalue weighted by molar-refractivity contribution is -0.138. The standard InChI is InChI=1S/C16H11F8O3P/c17-13-5-11(15(19,20)21)3-1-9(13)7-26-28(25)27-8-10-2-4-12(6-14(10)18)16(22,23)24/h1-6,28H,7-8H2. The van der Waals surface area contributed by atoms with Gasteiger partial charge in [-0.15, -0.1) is 0 Å². The second kappa shape index (κ2) is 8.59. The molecule has 12 heteroatoms. The first-order valence-electron chi connectivity index (χ1n) is 7.38. The fourth-order valence-corrected chi connectivity index (χ4v) is 2.63. The molecule has 0 aliphatic carbocycles. The maximum Gasteiger partial charge on any atom is 0.416 e. The third-order valence-electron chi connectivity index (χ3n) is 3.45. The van der Waals surface area contributed by atoms with Gasteiger partial charge in [-0.3, -0.25) is 4.57 Å². The zero-order valence-corrected chi connectivity index (χ0v) is 14.6. The van der Waals surface area contributed by atoms with Crippen LogP contribution >= 0.6 is 8.25 Å². The lowest BCUT2D eigenvalue weighted by Gasteiger charge is -2.11. The molecule has 0 spiro atoms. The minimum atomic E-state index is -4.73. The molecule has 0 radical (unpaired) electrons. The highest BCUT2D eigenvalue weighted by Crippen LogP contribution is 2.33. The predicted octanol–water partition coefficient (Wildman–Crippen LogP) is 6.13. The smallest absolute Gasteiger partial charge is 0.306 e. The number of halogens is 8. The molecule has 0 aliphatic rings. The summed E-state index contributed by atoms with van der Waals surface area (Å²) >= 11 is 0. The molecule has 0 fully saturated rings. The van der Waals surface area contributed by atoms with E-state index in [0.717, 1.165) is 12.1 Å². The molecular formula is C16H11F8O3P. The molecular weight excluding hydrogens is 423 g/mol. The molecule has 0 amide bonds. The Morgan fingerprint density at radius 1 is 0.714 bits per heavy atom. The Hall–Kier alpha value is -1.97. The number of hydrogen-bond donors (Lipinski definition) is 0. The van der Waals surface area contributed by atoms with Gasteiger partial charge in [0, 0.05) is 11.1 Å². The largest absolute Gasteiger partial charge is 0.416 e. The summed E-state index contributed by atoms with van der Waals surface area (Å²) in [4.78, 5) is 0. The molecule has 0 saturated heterocycles. The van der Waals surface area contributed by atoms with E-state index >= 15 is 0 Å². The highest BCUT2D eigenvalue weighted by molar-refractivity contribution is 7.33.